The van der Waals surface area contributed by atoms with Crippen molar-refractivity contribution in [3.05, 3.63) is 47.2 Å². The summed E-state index contributed by atoms with van der Waals surface area (Å²) in [4.78, 5) is 3.88. The quantitative estimate of drug-likeness (QED) is 0.762. The van der Waals surface area contributed by atoms with Crippen LogP contribution < -0.4 is 4.74 Å². The zero-order valence-corrected chi connectivity index (χ0v) is 10.6. The fourth-order valence-corrected chi connectivity index (χ4v) is 1.82. The van der Waals surface area contributed by atoms with E-state index in [1.165, 1.54) is 25.4 Å². The predicted octanol–water partition coefficient (Wildman–Crippen LogP) is 4.43. The Kier molecular flexibility index (Phi) is 3.66. The molecule has 2 rings (SSSR count). The zero-order chi connectivity index (χ0) is 14.0. The summed E-state index contributed by atoms with van der Waals surface area (Å²) in [6.45, 7) is 0. The number of nitrogens with zero attached hydrogens (tertiary/aromatic N) is 1. The fraction of sp³-hybridized carbons (Fsp3) is 0.154. The molecule has 6 heteroatoms. The van der Waals surface area contributed by atoms with Crippen molar-refractivity contribution in [2.24, 2.45) is 0 Å². The molecule has 1 aromatic carbocycles. The van der Waals surface area contributed by atoms with E-state index in [-0.39, 0.29) is 5.15 Å². The van der Waals surface area contributed by atoms with Crippen LogP contribution in [0.4, 0.5) is 13.2 Å². The first-order valence-electron chi connectivity index (χ1n) is 5.29. The van der Waals surface area contributed by atoms with Gasteiger partial charge in [0.15, 0.2) is 0 Å². The molecule has 0 aliphatic heterocycles. The monoisotopic (exact) mass is 287 g/mol. The van der Waals surface area contributed by atoms with Gasteiger partial charge in [-0.1, -0.05) is 23.7 Å². The lowest BCUT2D eigenvalue weighted by Crippen LogP contribution is -2.04. The Morgan fingerprint density at radius 3 is 2.58 bits per heavy atom. The van der Waals surface area contributed by atoms with Crippen molar-refractivity contribution in [3.63, 3.8) is 0 Å². The van der Waals surface area contributed by atoms with Crippen LogP contribution >= 0.6 is 11.6 Å². The van der Waals surface area contributed by atoms with Crippen LogP contribution in [0.3, 0.4) is 0 Å². The summed E-state index contributed by atoms with van der Waals surface area (Å²) in [6.07, 6.45) is -2.99. The van der Waals surface area contributed by atoms with Gasteiger partial charge in [0.25, 0.3) is 0 Å². The highest BCUT2D eigenvalue weighted by molar-refractivity contribution is 6.32. The van der Waals surface area contributed by atoms with Crippen molar-refractivity contribution in [3.8, 4) is 16.9 Å². The summed E-state index contributed by atoms with van der Waals surface area (Å²) < 4.78 is 43.0. The minimum atomic E-state index is -4.39. The van der Waals surface area contributed by atoms with Gasteiger partial charge in [0.2, 0.25) is 0 Å². The first kappa shape index (κ1) is 13.7. The molecule has 0 aliphatic rings. The Labute approximate surface area is 112 Å². The summed E-state index contributed by atoms with van der Waals surface area (Å²) in [5.74, 6) is 0.428. The highest BCUT2D eigenvalue weighted by atomic mass is 35.5. The molecule has 1 aromatic heterocycles. The number of aromatic nitrogens is 1. The minimum Gasteiger partial charge on any atom is -0.495 e. The van der Waals surface area contributed by atoms with Crippen LogP contribution in [0.1, 0.15) is 5.56 Å². The summed E-state index contributed by atoms with van der Waals surface area (Å²) in [6, 6.07) is 6.45. The van der Waals surface area contributed by atoms with Crippen molar-refractivity contribution in [1.82, 2.24) is 4.98 Å². The van der Waals surface area contributed by atoms with E-state index in [2.05, 4.69) is 4.98 Å². The molecule has 2 nitrogen and oxygen atoms in total. The summed E-state index contributed by atoms with van der Waals surface area (Å²) in [7, 11) is 1.45. The molecule has 0 unspecified atom stereocenters. The molecule has 19 heavy (non-hydrogen) atoms. The van der Waals surface area contributed by atoms with E-state index in [9.17, 15) is 13.2 Å². The van der Waals surface area contributed by atoms with Crippen LogP contribution in [0, 0.1) is 0 Å². The van der Waals surface area contributed by atoms with Crippen molar-refractivity contribution in [2.75, 3.05) is 7.11 Å². The number of halogens is 4. The maximum Gasteiger partial charge on any atom is 0.416 e. The molecular weight excluding hydrogens is 279 g/mol. The van der Waals surface area contributed by atoms with E-state index in [0.717, 1.165) is 12.1 Å². The van der Waals surface area contributed by atoms with E-state index in [1.807, 2.05) is 0 Å². The molecule has 0 amide bonds. The second-order valence-corrected chi connectivity index (χ2v) is 4.15. The molecule has 0 saturated heterocycles. The number of ether oxygens (including phenoxy) is 1. The lowest BCUT2D eigenvalue weighted by Gasteiger charge is -2.10. The number of pyridine rings is 1. The van der Waals surface area contributed by atoms with E-state index in [0.29, 0.717) is 16.9 Å². The van der Waals surface area contributed by atoms with E-state index in [1.54, 1.807) is 6.07 Å². The standard InChI is InChI=1S/C13H9ClF3NO/c1-19-10-6-11(12(14)18-7-10)8-3-2-4-9(5-8)13(15,16)17/h2-7H,1H3. The van der Waals surface area contributed by atoms with Crippen LogP contribution in [0.15, 0.2) is 36.5 Å². The van der Waals surface area contributed by atoms with Crippen molar-refractivity contribution in [2.45, 2.75) is 6.18 Å². The maximum absolute atomic E-state index is 12.7. The fourth-order valence-electron chi connectivity index (χ4n) is 1.61. The van der Waals surface area contributed by atoms with Gasteiger partial charge in [0, 0.05) is 5.56 Å². The Morgan fingerprint density at radius 1 is 1.21 bits per heavy atom. The second-order valence-electron chi connectivity index (χ2n) is 3.79. The zero-order valence-electron chi connectivity index (χ0n) is 9.83. The average molecular weight is 288 g/mol. The average Bonchev–Trinajstić information content (AvgIpc) is 2.38. The molecule has 0 N–H and O–H groups in total. The minimum absolute atomic E-state index is 0.125. The van der Waals surface area contributed by atoms with E-state index >= 15 is 0 Å². The van der Waals surface area contributed by atoms with Gasteiger partial charge in [0.05, 0.1) is 18.9 Å². The summed E-state index contributed by atoms with van der Waals surface area (Å²) >= 11 is 5.91. The lowest BCUT2D eigenvalue weighted by molar-refractivity contribution is -0.137. The maximum atomic E-state index is 12.7. The SMILES string of the molecule is COc1cnc(Cl)c(-c2cccc(C(F)(F)F)c2)c1. The number of methoxy groups -OCH3 is 1. The first-order chi connectivity index (χ1) is 8.91. The van der Waals surface area contributed by atoms with Crippen molar-refractivity contribution < 1.29 is 17.9 Å². The topological polar surface area (TPSA) is 22.1 Å². The molecule has 0 aliphatic carbocycles. The van der Waals surface area contributed by atoms with Gasteiger partial charge in [0.1, 0.15) is 10.9 Å². The third kappa shape index (κ3) is 2.98. The van der Waals surface area contributed by atoms with Gasteiger partial charge < -0.3 is 4.74 Å². The molecule has 0 saturated carbocycles. The third-order valence-corrected chi connectivity index (χ3v) is 2.85. The Hall–Kier alpha value is -1.75. The van der Waals surface area contributed by atoms with Gasteiger partial charge in [-0.15, -0.1) is 0 Å². The van der Waals surface area contributed by atoms with E-state index in [4.69, 9.17) is 16.3 Å². The van der Waals surface area contributed by atoms with Crippen molar-refractivity contribution >= 4 is 11.6 Å². The molecule has 0 atom stereocenters. The van der Waals surface area contributed by atoms with Crippen LogP contribution in [-0.2, 0) is 6.18 Å². The molecule has 100 valence electrons. The van der Waals surface area contributed by atoms with Crippen LogP contribution in [0.2, 0.25) is 5.15 Å². The van der Waals surface area contributed by atoms with Crippen LogP contribution in [0.25, 0.3) is 11.1 Å². The Balaban J connectivity index is 2.53. The van der Waals surface area contributed by atoms with Gasteiger partial charge in [-0.2, -0.15) is 13.2 Å². The largest absolute Gasteiger partial charge is 0.495 e. The number of benzene rings is 1. The summed E-state index contributed by atoms with van der Waals surface area (Å²) in [5, 5.41) is 0.125. The van der Waals surface area contributed by atoms with Gasteiger partial charge in [-0.3, -0.25) is 0 Å². The highest BCUT2D eigenvalue weighted by Gasteiger charge is 2.30. The van der Waals surface area contributed by atoms with Crippen LogP contribution in [-0.4, -0.2) is 12.1 Å². The number of hydrogen-bond donors (Lipinski definition) is 0. The Morgan fingerprint density at radius 2 is 1.95 bits per heavy atom. The molecular formula is C13H9ClF3NO. The van der Waals surface area contributed by atoms with Gasteiger partial charge in [-0.05, 0) is 23.8 Å². The highest BCUT2D eigenvalue weighted by Crippen LogP contribution is 2.34. The van der Waals surface area contributed by atoms with Gasteiger partial charge in [-0.25, -0.2) is 4.98 Å². The number of alkyl halides is 3. The normalized spacial score (nSPS) is 11.4. The Bertz CT molecular complexity index is 599. The molecule has 2 aromatic rings. The molecule has 0 spiro atoms. The van der Waals surface area contributed by atoms with Crippen LogP contribution in [0.5, 0.6) is 5.75 Å². The molecule has 0 radical (unpaired) electrons. The number of rotatable bonds is 2. The number of hydrogen-bond acceptors (Lipinski definition) is 2. The predicted molar refractivity (Wildman–Crippen MR) is 66.2 cm³/mol. The third-order valence-electron chi connectivity index (χ3n) is 2.55. The van der Waals surface area contributed by atoms with E-state index < -0.39 is 11.7 Å². The van der Waals surface area contributed by atoms with Gasteiger partial charge >= 0.3 is 6.18 Å². The van der Waals surface area contributed by atoms with Crippen molar-refractivity contribution in [1.29, 1.82) is 0 Å². The smallest absolute Gasteiger partial charge is 0.416 e. The summed E-state index contributed by atoms with van der Waals surface area (Å²) in [5.41, 5.74) is 0.00206. The molecule has 0 bridgehead atoms. The first-order valence-corrected chi connectivity index (χ1v) is 5.67. The second kappa shape index (κ2) is 5.09. The molecule has 1 heterocycles. The molecule has 0 fully saturated rings. The lowest BCUT2D eigenvalue weighted by atomic mass is 10.0.